The molecule has 1 fully saturated rings. The summed E-state index contributed by atoms with van der Waals surface area (Å²) >= 11 is 0. The third kappa shape index (κ3) is 3.68. The van der Waals surface area contributed by atoms with Gasteiger partial charge in [-0.05, 0) is 31.3 Å². The first-order chi connectivity index (χ1) is 6.38. The van der Waals surface area contributed by atoms with Crippen LogP contribution >= 0.6 is 0 Å². The molecule has 1 rings (SSSR count). The van der Waals surface area contributed by atoms with E-state index in [9.17, 15) is 0 Å². The summed E-state index contributed by atoms with van der Waals surface area (Å²) in [6.45, 7) is 6.95. The average molecular weight is 183 g/mol. The van der Waals surface area contributed by atoms with E-state index in [-0.39, 0.29) is 0 Å². The molecule has 0 aromatic rings. The van der Waals surface area contributed by atoms with Crippen LogP contribution in [0.15, 0.2) is 0 Å². The Labute approximate surface area is 83.3 Å². The van der Waals surface area contributed by atoms with Crippen molar-refractivity contribution < 1.29 is 0 Å². The summed E-state index contributed by atoms with van der Waals surface area (Å²) in [5, 5.41) is 3.51. The third-order valence-electron chi connectivity index (χ3n) is 3.50. The highest BCUT2D eigenvalue weighted by Gasteiger charge is 2.21. The van der Waals surface area contributed by atoms with Gasteiger partial charge in [0.25, 0.3) is 0 Å². The summed E-state index contributed by atoms with van der Waals surface area (Å²) in [6.07, 6.45) is 8.74. The van der Waals surface area contributed by atoms with Gasteiger partial charge in [0, 0.05) is 0 Å². The Morgan fingerprint density at radius 1 is 1.00 bits per heavy atom. The predicted octanol–water partition coefficient (Wildman–Crippen LogP) is 3.20. The molecule has 1 saturated carbocycles. The average Bonchev–Trinajstić information content (AvgIpc) is 2.39. The topological polar surface area (TPSA) is 12.0 Å². The summed E-state index contributed by atoms with van der Waals surface area (Å²) < 4.78 is 0. The van der Waals surface area contributed by atoms with E-state index in [4.69, 9.17) is 0 Å². The highest BCUT2D eigenvalue weighted by molar-refractivity contribution is 4.74. The molecule has 2 atom stereocenters. The van der Waals surface area contributed by atoms with E-state index in [0.29, 0.717) is 0 Å². The molecule has 1 nitrogen and oxygen atoms in total. The zero-order valence-electron chi connectivity index (χ0n) is 9.31. The molecule has 0 radical (unpaired) electrons. The minimum Gasteiger partial charge on any atom is -0.317 e. The molecule has 0 amide bonds. The van der Waals surface area contributed by atoms with Gasteiger partial charge in [-0.3, -0.25) is 0 Å². The zero-order valence-corrected chi connectivity index (χ0v) is 9.31. The number of nitrogens with one attached hydrogen (secondary N) is 1. The van der Waals surface area contributed by atoms with Crippen molar-refractivity contribution in [3.05, 3.63) is 0 Å². The summed E-state index contributed by atoms with van der Waals surface area (Å²) in [6, 6.07) is 0. The SMILES string of the molecule is CCNCC1CCCCCC1CC. The summed E-state index contributed by atoms with van der Waals surface area (Å²) in [5.74, 6) is 1.97. The van der Waals surface area contributed by atoms with Crippen LogP contribution in [-0.2, 0) is 0 Å². The highest BCUT2D eigenvalue weighted by Crippen LogP contribution is 2.30. The van der Waals surface area contributed by atoms with Gasteiger partial charge >= 0.3 is 0 Å². The van der Waals surface area contributed by atoms with Gasteiger partial charge in [0.15, 0.2) is 0 Å². The Kier molecular flexibility index (Phi) is 5.45. The molecule has 1 N–H and O–H groups in total. The van der Waals surface area contributed by atoms with Crippen molar-refractivity contribution in [3.8, 4) is 0 Å². The molecular weight excluding hydrogens is 158 g/mol. The first-order valence-corrected chi connectivity index (χ1v) is 6.09. The molecule has 0 aromatic heterocycles. The van der Waals surface area contributed by atoms with Crippen LogP contribution in [0.25, 0.3) is 0 Å². The van der Waals surface area contributed by atoms with Crippen LogP contribution in [0, 0.1) is 11.8 Å². The Hall–Kier alpha value is -0.0400. The van der Waals surface area contributed by atoms with Crippen molar-refractivity contribution in [1.82, 2.24) is 5.32 Å². The lowest BCUT2D eigenvalue weighted by molar-refractivity contribution is 0.293. The summed E-state index contributed by atoms with van der Waals surface area (Å²) in [7, 11) is 0. The predicted molar refractivity (Wildman–Crippen MR) is 58.9 cm³/mol. The maximum atomic E-state index is 3.51. The lowest BCUT2D eigenvalue weighted by atomic mass is 9.86. The monoisotopic (exact) mass is 183 g/mol. The van der Waals surface area contributed by atoms with E-state index in [2.05, 4.69) is 19.2 Å². The molecule has 0 bridgehead atoms. The second kappa shape index (κ2) is 6.42. The maximum absolute atomic E-state index is 3.51. The van der Waals surface area contributed by atoms with Crippen molar-refractivity contribution in [2.75, 3.05) is 13.1 Å². The fraction of sp³-hybridized carbons (Fsp3) is 1.00. The van der Waals surface area contributed by atoms with Crippen LogP contribution in [0.5, 0.6) is 0 Å². The minimum absolute atomic E-state index is 0.965. The second-order valence-electron chi connectivity index (χ2n) is 4.37. The van der Waals surface area contributed by atoms with Crippen molar-refractivity contribution in [1.29, 1.82) is 0 Å². The molecule has 1 aliphatic rings. The first kappa shape index (κ1) is 11.0. The second-order valence-corrected chi connectivity index (χ2v) is 4.37. The Balaban J connectivity index is 2.34. The molecular formula is C12H25N. The van der Waals surface area contributed by atoms with Crippen LogP contribution < -0.4 is 5.32 Å². The summed E-state index contributed by atoms with van der Waals surface area (Å²) in [4.78, 5) is 0. The molecule has 0 aliphatic heterocycles. The zero-order chi connectivity index (χ0) is 9.52. The number of hydrogen-bond acceptors (Lipinski definition) is 1. The van der Waals surface area contributed by atoms with Gasteiger partial charge in [-0.25, -0.2) is 0 Å². The van der Waals surface area contributed by atoms with Crippen molar-refractivity contribution >= 4 is 0 Å². The molecule has 78 valence electrons. The Morgan fingerprint density at radius 3 is 2.31 bits per heavy atom. The van der Waals surface area contributed by atoms with Gasteiger partial charge in [0.1, 0.15) is 0 Å². The molecule has 0 aromatic carbocycles. The molecule has 0 spiro atoms. The molecule has 0 saturated heterocycles. The highest BCUT2D eigenvalue weighted by atomic mass is 14.8. The van der Waals surface area contributed by atoms with Crippen molar-refractivity contribution in [2.24, 2.45) is 11.8 Å². The van der Waals surface area contributed by atoms with E-state index in [0.717, 1.165) is 18.4 Å². The van der Waals surface area contributed by atoms with E-state index in [1.165, 1.54) is 45.1 Å². The molecule has 1 aliphatic carbocycles. The Morgan fingerprint density at radius 2 is 1.69 bits per heavy atom. The van der Waals surface area contributed by atoms with Crippen LogP contribution in [0.4, 0.5) is 0 Å². The van der Waals surface area contributed by atoms with Gasteiger partial charge < -0.3 is 5.32 Å². The number of hydrogen-bond donors (Lipinski definition) is 1. The van der Waals surface area contributed by atoms with Gasteiger partial charge in [-0.15, -0.1) is 0 Å². The van der Waals surface area contributed by atoms with Gasteiger partial charge in [-0.2, -0.15) is 0 Å². The lowest BCUT2D eigenvalue weighted by Crippen LogP contribution is -2.27. The quantitative estimate of drug-likeness (QED) is 0.660. The van der Waals surface area contributed by atoms with Gasteiger partial charge in [0.2, 0.25) is 0 Å². The number of rotatable bonds is 4. The lowest BCUT2D eigenvalue weighted by Gasteiger charge is -2.23. The Bertz CT molecular complexity index is 122. The normalized spacial score (nSPS) is 30.0. The van der Waals surface area contributed by atoms with E-state index in [1.54, 1.807) is 0 Å². The minimum atomic E-state index is 0.965. The van der Waals surface area contributed by atoms with E-state index in [1.807, 2.05) is 0 Å². The van der Waals surface area contributed by atoms with E-state index >= 15 is 0 Å². The van der Waals surface area contributed by atoms with Gasteiger partial charge in [0.05, 0.1) is 0 Å². The largest absolute Gasteiger partial charge is 0.317 e. The van der Waals surface area contributed by atoms with Crippen LogP contribution in [-0.4, -0.2) is 13.1 Å². The fourth-order valence-corrected chi connectivity index (χ4v) is 2.60. The van der Waals surface area contributed by atoms with Gasteiger partial charge in [-0.1, -0.05) is 46.0 Å². The molecule has 1 heteroatoms. The molecule has 13 heavy (non-hydrogen) atoms. The fourth-order valence-electron chi connectivity index (χ4n) is 2.60. The molecule has 0 heterocycles. The molecule has 2 unspecified atom stereocenters. The first-order valence-electron chi connectivity index (χ1n) is 6.09. The van der Waals surface area contributed by atoms with Crippen molar-refractivity contribution in [2.45, 2.75) is 52.4 Å². The third-order valence-corrected chi connectivity index (χ3v) is 3.50. The van der Waals surface area contributed by atoms with Crippen molar-refractivity contribution in [3.63, 3.8) is 0 Å². The maximum Gasteiger partial charge on any atom is -0.00180 e. The van der Waals surface area contributed by atoms with Crippen LogP contribution in [0.2, 0.25) is 0 Å². The smallest absolute Gasteiger partial charge is 0.00180 e. The van der Waals surface area contributed by atoms with Crippen LogP contribution in [0.3, 0.4) is 0 Å². The van der Waals surface area contributed by atoms with E-state index < -0.39 is 0 Å². The van der Waals surface area contributed by atoms with Crippen LogP contribution in [0.1, 0.15) is 52.4 Å². The summed E-state index contributed by atoms with van der Waals surface area (Å²) in [5.41, 5.74) is 0. The standard InChI is InChI=1S/C12H25N/c1-3-11-8-6-5-7-9-12(11)10-13-4-2/h11-13H,3-10H2,1-2H3.